The molecule has 4 saturated carbocycles. The third-order valence-corrected chi connectivity index (χ3v) is 20.3. The van der Waals surface area contributed by atoms with E-state index in [1.807, 2.05) is 20.8 Å². The maximum atomic E-state index is 12.8. The van der Waals surface area contributed by atoms with Gasteiger partial charge in [0.2, 0.25) is 0 Å². The standard InChI is InChI=1S/C53H90O24/c1-48(2,69)12-9-13-53(8,77-46-41(68)37(64)35(62)28(74-46)21-71-44-39(66)32(59)25(58)20-70-44)22-10-14-52(7)31(22)23(56)16-30-50(5)17-24(57)43(49(3,4)29(50)11-15-51(30,52)6)76-47-42(38(65)34(61)27(19-55)73-47)75-45-40(67)36(63)33(60)26(18-54)72-45/h9,12,22-47,54-69H,10-11,13-21H2,1-8H3/b12-9+/t22-,23+,24+,25+,26+,27+,28+,29?,30?,31?,32-,33+,34+,35+,36-,37-,38-,39+,40+,41+,42+,43-,44-,45-,46-,47-,50-,51+,52+,53-/m0/s1. The zero-order valence-electron chi connectivity index (χ0n) is 45.4. The second-order valence-electron chi connectivity index (χ2n) is 25.9. The fourth-order valence-electron chi connectivity index (χ4n) is 16.0. The van der Waals surface area contributed by atoms with E-state index in [2.05, 4.69) is 20.8 Å². The van der Waals surface area contributed by atoms with Crippen LogP contribution in [-0.4, -0.2) is 254 Å². The minimum Gasteiger partial charge on any atom is -0.394 e. The van der Waals surface area contributed by atoms with Crippen molar-refractivity contribution in [3.8, 4) is 0 Å². The lowest BCUT2D eigenvalue weighted by molar-refractivity contribution is -0.383. The van der Waals surface area contributed by atoms with Gasteiger partial charge in [0.1, 0.15) is 91.6 Å². The summed E-state index contributed by atoms with van der Waals surface area (Å²) in [4.78, 5) is 0. The number of aliphatic hydroxyl groups excluding tert-OH is 15. The number of fused-ring (bicyclic) bond motifs is 5. The first-order chi connectivity index (χ1) is 35.8. The Morgan fingerprint density at radius 3 is 1.75 bits per heavy atom. The van der Waals surface area contributed by atoms with Gasteiger partial charge >= 0.3 is 0 Å². The van der Waals surface area contributed by atoms with Crippen molar-refractivity contribution in [2.45, 2.75) is 247 Å². The normalized spacial score (nSPS) is 53.1. The maximum absolute atomic E-state index is 12.8. The Morgan fingerprint density at radius 2 is 1.13 bits per heavy atom. The molecular weight excluding hydrogens is 1020 g/mol. The molecular formula is C53H90O24. The second-order valence-corrected chi connectivity index (χ2v) is 25.9. The predicted octanol–water partition coefficient (Wildman–Crippen LogP) is -3.62. The van der Waals surface area contributed by atoms with Crippen molar-refractivity contribution in [3.05, 3.63) is 12.2 Å². The fourth-order valence-corrected chi connectivity index (χ4v) is 16.0. The zero-order chi connectivity index (χ0) is 56.9. The van der Waals surface area contributed by atoms with Gasteiger partial charge in [-0.3, -0.25) is 0 Å². The molecule has 0 aromatic carbocycles. The van der Waals surface area contributed by atoms with Crippen molar-refractivity contribution < 1.29 is 120 Å². The van der Waals surface area contributed by atoms with Crippen LogP contribution in [0.1, 0.15) is 100 Å². The molecule has 0 aromatic heterocycles. The van der Waals surface area contributed by atoms with Crippen LogP contribution in [0.2, 0.25) is 0 Å². The summed E-state index contributed by atoms with van der Waals surface area (Å²) in [6.45, 7) is 13.3. The lowest BCUT2D eigenvalue weighted by atomic mass is 9.35. The van der Waals surface area contributed by atoms with Gasteiger partial charge in [-0.1, -0.05) is 46.8 Å². The van der Waals surface area contributed by atoms with Crippen molar-refractivity contribution in [1.82, 2.24) is 0 Å². The largest absolute Gasteiger partial charge is 0.394 e. The number of ether oxygens (including phenoxy) is 8. The summed E-state index contributed by atoms with van der Waals surface area (Å²) in [6, 6.07) is 0. The molecule has 0 aromatic rings. The van der Waals surface area contributed by atoms with Gasteiger partial charge in [0.15, 0.2) is 25.2 Å². The van der Waals surface area contributed by atoms with Gasteiger partial charge in [-0.2, -0.15) is 0 Å². The highest BCUT2D eigenvalue weighted by atomic mass is 16.8. The first-order valence-corrected chi connectivity index (χ1v) is 27.4. The van der Waals surface area contributed by atoms with Crippen LogP contribution in [0.3, 0.4) is 0 Å². The Bertz CT molecular complexity index is 2010. The van der Waals surface area contributed by atoms with Crippen molar-refractivity contribution in [3.63, 3.8) is 0 Å². The molecule has 77 heavy (non-hydrogen) atoms. The molecule has 0 amide bonds. The predicted molar refractivity (Wildman–Crippen MR) is 263 cm³/mol. The Kier molecular flexibility index (Phi) is 18.3. The Hall–Kier alpha value is -1.22. The van der Waals surface area contributed by atoms with Gasteiger partial charge in [0, 0.05) is 0 Å². The minimum atomic E-state index is -1.88. The van der Waals surface area contributed by atoms with E-state index in [1.54, 1.807) is 26.0 Å². The van der Waals surface area contributed by atoms with E-state index in [0.717, 1.165) is 0 Å². The summed E-state index contributed by atoms with van der Waals surface area (Å²) < 4.78 is 48.3. The van der Waals surface area contributed by atoms with Crippen LogP contribution in [0.25, 0.3) is 0 Å². The van der Waals surface area contributed by atoms with Crippen LogP contribution in [0.15, 0.2) is 12.2 Å². The van der Waals surface area contributed by atoms with E-state index in [9.17, 15) is 81.7 Å². The number of hydrogen-bond donors (Lipinski definition) is 16. The third kappa shape index (κ3) is 11.0. The van der Waals surface area contributed by atoms with Gasteiger partial charge in [0.25, 0.3) is 0 Å². The number of rotatable bonds is 15. The molecule has 3 unspecified atom stereocenters. The van der Waals surface area contributed by atoms with E-state index in [1.165, 1.54) is 0 Å². The average molecular weight is 1110 g/mol. The molecule has 446 valence electrons. The molecule has 24 heteroatoms. The lowest BCUT2D eigenvalue weighted by Gasteiger charge is -2.71. The van der Waals surface area contributed by atoms with Crippen LogP contribution in [0, 0.1) is 45.3 Å². The molecule has 4 heterocycles. The molecule has 8 rings (SSSR count). The molecule has 4 saturated heterocycles. The summed E-state index contributed by atoms with van der Waals surface area (Å²) in [5.41, 5.74) is -4.96. The van der Waals surface area contributed by atoms with E-state index in [0.29, 0.717) is 32.1 Å². The van der Waals surface area contributed by atoms with Gasteiger partial charge in [-0.05, 0) is 111 Å². The fraction of sp³-hybridized carbons (Fsp3) is 0.962. The SMILES string of the molecule is CC(C)(O)/C=C/C[C@](C)(O[C@@H]1O[C@H](CO[C@@H]2OC[C@@H](O)[C@H](O)[C@H]2O)[C@@H](O)[C@H](O)[C@H]1O)[C@H]1CC[C@]2(C)C1[C@H](O)CC1[C@@]3(C)C[C@@H](O)[C@H](O[C@@H]4O[C@H](CO)[C@@H](O)[C@H](O)[C@H]4O[C@@H]4O[C@H](CO)[C@@H](O)[C@H](O)[C@H]4O)C(C)(C)C3CC[C@]12C. The van der Waals surface area contributed by atoms with Crippen molar-refractivity contribution in [2.24, 2.45) is 45.3 Å². The first-order valence-electron chi connectivity index (χ1n) is 27.4. The Balaban J connectivity index is 1.03. The third-order valence-electron chi connectivity index (χ3n) is 20.3. The van der Waals surface area contributed by atoms with E-state index < -0.39 is 200 Å². The van der Waals surface area contributed by atoms with Gasteiger partial charge < -0.3 is 120 Å². The lowest BCUT2D eigenvalue weighted by Crippen LogP contribution is -2.70. The molecule has 30 atom stereocenters. The topological polar surface area (TPSA) is 398 Å². The van der Waals surface area contributed by atoms with Crippen LogP contribution >= 0.6 is 0 Å². The van der Waals surface area contributed by atoms with Crippen molar-refractivity contribution in [2.75, 3.05) is 26.4 Å². The Morgan fingerprint density at radius 1 is 0.571 bits per heavy atom. The van der Waals surface area contributed by atoms with Gasteiger partial charge in [-0.25, -0.2) is 0 Å². The quantitative estimate of drug-likeness (QED) is 0.0556. The molecule has 4 aliphatic heterocycles. The van der Waals surface area contributed by atoms with Crippen LogP contribution in [0.5, 0.6) is 0 Å². The molecule has 8 fully saturated rings. The van der Waals surface area contributed by atoms with Crippen LogP contribution < -0.4 is 0 Å². The van der Waals surface area contributed by atoms with Gasteiger partial charge in [0.05, 0.1) is 55.9 Å². The summed E-state index contributed by atoms with van der Waals surface area (Å²) in [5.74, 6) is -1.14. The summed E-state index contributed by atoms with van der Waals surface area (Å²) in [7, 11) is 0. The molecule has 8 aliphatic rings. The number of aliphatic hydroxyl groups is 16. The molecule has 16 N–H and O–H groups in total. The van der Waals surface area contributed by atoms with Gasteiger partial charge in [-0.15, -0.1) is 0 Å². The number of hydrogen-bond acceptors (Lipinski definition) is 24. The van der Waals surface area contributed by atoms with E-state index in [-0.39, 0.29) is 31.3 Å². The molecule has 0 radical (unpaired) electrons. The zero-order valence-corrected chi connectivity index (χ0v) is 45.4. The smallest absolute Gasteiger partial charge is 0.187 e. The monoisotopic (exact) mass is 1110 g/mol. The Labute approximate surface area is 449 Å². The minimum absolute atomic E-state index is 0.155. The van der Waals surface area contributed by atoms with E-state index >= 15 is 0 Å². The summed E-state index contributed by atoms with van der Waals surface area (Å²) >= 11 is 0. The van der Waals surface area contributed by atoms with Crippen molar-refractivity contribution >= 4 is 0 Å². The second kappa shape index (κ2) is 22.7. The first kappa shape index (κ1) is 61.8. The van der Waals surface area contributed by atoms with Crippen LogP contribution in [0.4, 0.5) is 0 Å². The maximum Gasteiger partial charge on any atom is 0.187 e. The molecule has 4 aliphatic carbocycles. The summed E-state index contributed by atoms with van der Waals surface area (Å²) in [5, 5.41) is 175. The average Bonchev–Trinajstić information content (AvgIpc) is 4.01. The molecule has 0 spiro atoms. The molecule has 0 bridgehead atoms. The van der Waals surface area contributed by atoms with Crippen LogP contribution in [-0.2, 0) is 37.9 Å². The highest BCUT2D eigenvalue weighted by Gasteiger charge is 2.73. The highest BCUT2D eigenvalue weighted by molar-refractivity contribution is 5.22. The van der Waals surface area contributed by atoms with Crippen molar-refractivity contribution in [1.29, 1.82) is 0 Å². The van der Waals surface area contributed by atoms with E-state index in [4.69, 9.17) is 37.9 Å². The highest BCUT2D eigenvalue weighted by Crippen LogP contribution is 2.76. The summed E-state index contributed by atoms with van der Waals surface area (Å²) in [6.07, 6.45) is -27.3. The molecule has 24 nitrogen and oxygen atoms in total.